The number of carbonyl (C=O) groups excluding carboxylic acids is 2. The number of hydrogen-bond donors (Lipinski definition) is 2. The Kier molecular flexibility index (Phi) is 6.05. The Bertz CT molecular complexity index is 758. The van der Waals surface area contributed by atoms with Crippen LogP contribution in [-0.2, 0) is 4.79 Å². The Morgan fingerprint density at radius 1 is 1.08 bits per heavy atom. The zero-order valence-corrected chi connectivity index (χ0v) is 13.8. The molecule has 2 rings (SSSR count). The van der Waals surface area contributed by atoms with Crippen LogP contribution in [0.2, 0.25) is 0 Å². The van der Waals surface area contributed by atoms with Gasteiger partial charge in [0.2, 0.25) is 5.91 Å². The van der Waals surface area contributed by atoms with Gasteiger partial charge in [0.15, 0.2) is 0 Å². The highest BCUT2D eigenvalue weighted by atomic mass is 19.3. The number of carbonyl (C=O) groups is 2. The summed E-state index contributed by atoms with van der Waals surface area (Å²) < 4.78 is 28.6. The number of nitrogens with one attached hydrogen (secondary N) is 2. The fourth-order valence-electron chi connectivity index (χ4n) is 2.32. The van der Waals surface area contributed by atoms with Gasteiger partial charge in [-0.2, -0.15) is 8.78 Å². The average molecular weight is 348 g/mol. The molecule has 2 amide bonds. The second-order valence-corrected chi connectivity index (χ2v) is 5.51. The zero-order chi connectivity index (χ0) is 18.4. The third-order valence-electron chi connectivity index (χ3n) is 3.24. The van der Waals surface area contributed by atoms with Crippen molar-refractivity contribution >= 4 is 17.5 Å². The van der Waals surface area contributed by atoms with Gasteiger partial charge >= 0.3 is 6.61 Å². The maximum absolute atomic E-state index is 12.2. The SMILES string of the molecule is Cc1cc(C)cc(C(=O)NCC(=O)Nc2cccc(OC(F)F)c2)c1. The normalized spacial score (nSPS) is 10.4. The summed E-state index contributed by atoms with van der Waals surface area (Å²) in [6, 6.07) is 11.0. The van der Waals surface area contributed by atoms with E-state index in [9.17, 15) is 18.4 Å². The molecule has 0 radical (unpaired) electrons. The van der Waals surface area contributed by atoms with Crippen LogP contribution in [0, 0.1) is 13.8 Å². The van der Waals surface area contributed by atoms with Crippen molar-refractivity contribution < 1.29 is 23.1 Å². The molecule has 5 nitrogen and oxygen atoms in total. The van der Waals surface area contributed by atoms with E-state index >= 15 is 0 Å². The van der Waals surface area contributed by atoms with E-state index in [4.69, 9.17) is 0 Å². The molecule has 0 spiro atoms. The molecule has 0 saturated carbocycles. The number of halogens is 2. The van der Waals surface area contributed by atoms with Crippen LogP contribution in [0.3, 0.4) is 0 Å². The predicted molar refractivity (Wildman–Crippen MR) is 90.0 cm³/mol. The van der Waals surface area contributed by atoms with E-state index in [0.717, 1.165) is 11.1 Å². The first-order valence-electron chi connectivity index (χ1n) is 7.55. The Morgan fingerprint density at radius 2 is 1.76 bits per heavy atom. The molecule has 132 valence electrons. The highest BCUT2D eigenvalue weighted by Gasteiger charge is 2.10. The summed E-state index contributed by atoms with van der Waals surface area (Å²) in [5.41, 5.74) is 2.66. The molecule has 0 aromatic heterocycles. The Balaban J connectivity index is 1.91. The Labute approximate surface area is 144 Å². The van der Waals surface area contributed by atoms with Crippen molar-refractivity contribution in [2.75, 3.05) is 11.9 Å². The molecule has 2 aromatic rings. The second-order valence-electron chi connectivity index (χ2n) is 5.51. The Morgan fingerprint density at radius 3 is 2.40 bits per heavy atom. The van der Waals surface area contributed by atoms with Crippen molar-refractivity contribution in [2.24, 2.45) is 0 Å². The van der Waals surface area contributed by atoms with Crippen LogP contribution in [0.15, 0.2) is 42.5 Å². The van der Waals surface area contributed by atoms with Gasteiger partial charge in [0.05, 0.1) is 6.54 Å². The maximum atomic E-state index is 12.2. The molecule has 0 bridgehead atoms. The van der Waals surface area contributed by atoms with Crippen LogP contribution in [0.4, 0.5) is 14.5 Å². The number of hydrogen-bond acceptors (Lipinski definition) is 3. The summed E-state index contributed by atoms with van der Waals surface area (Å²) in [5, 5.41) is 5.02. The third-order valence-corrected chi connectivity index (χ3v) is 3.24. The molecule has 7 heteroatoms. The van der Waals surface area contributed by atoms with E-state index in [0.29, 0.717) is 11.3 Å². The number of aryl methyl sites for hydroxylation is 2. The largest absolute Gasteiger partial charge is 0.435 e. The van der Waals surface area contributed by atoms with Gasteiger partial charge in [-0.3, -0.25) is 9.59 Å². The fourth-order valence-corrected chi connectivity index (χ4v) is 2.32. The van der Waals surface area contributed by atoms with Gasteiger partial charge in [-0.1, -0.05) is 23.3 Å². The molecular formula is C18H18F2N2O3. The van der Waals surface area contributed by atoms with Crippen LogP contribution in [0.5, 0.6) is 5.75 Å². The number of amides is 2. The summed E-state index contributed by atoms with van der Waals surface area (Å²) in [6.07, 6.45) is 0. The Hall–Kier alpha value is -2.96. The molecule has 0 heterocycles. The van der Waals surface area contributed by atoms with E-state index in [1.165, 1.54) is 24.3 Å². The molecule has 0 aliphatic rings. The minimum atomic E-state index is -2.94. The lowest BCUT2D eigenvalue weighted by molar-refractivity contribution is -0.115. The quantitative estimate of drug-likeness (QED) is 0.842. The summed E-state index contributed by atoms with van der Waals surface area (Å²) in [5.74, 6) is -0.907. The molecule has 0 saturated heterocycles. The molecular weight excluding hydrogens is 330 g/mol. The zero-order valence-electron chi connectivity index (χ0n) is 13.8. The average Bonchev–Trinajstić information content (AvgIpc) is 2.51. The molecule has 0 aliphatic heterocycles. The van der Waals surface area contributed by atoms with Gasteiger partial charge in [0.1, 0.15) is 5.75 Å². The highest BCUT2D eigenvalue weighted by Crippen LogP contribution is 2.19. The summed E-state index contributed by atoms with van der Waals surface area (Å²) in [7, 11) is 0. The van der Waals surface area contributed by atoms with E-state index in [2.05, 4.69) is 15.4 Å². The third kappa shape index (κ3) is 5.87. The monoisotopic (exact) mass is 348 g/mol. The van der Waals surface area contributed by atoms with E-state index < -0.39 is 12.5 Å². The summed E-state index contributed by atoms with van der Waals surface area (Å²) >= 11 is 0. The van der Waals surface area contributed by atoms with Gasteiger partial charge < -0.3 is 15.4 Å². The van der Waals surface area contributed by atoms with Crippen molar-refractivity contribution in [1.29, 1.82) is 0 Å². The molecule has 0 fully saturated rings. The fraction of sp³-hybridized carbons (Fsp3) is 0.222. The lowest BCUT2D eigenvalue weighted by atomic mass is 10.1. The van der Waals surface area contributed by atoms with Crippen molar-refractivity contribution in [3.63, 3.8) is 0 Å². The van der Waals surface area contributed by atoms with Gasteiger partial charge in [0, 0.05) is 17.3 Å². The van der Waals surface area contributed by atoms with Crippen LogP contribution >= 0.6 is 0 Å². The first-order chi connectivity index (χ1) is 11.8. The number of anilines is 1. The first kappa shape index (κ1) is 18.4. The summed E-state index contributed by atoms with van der Waals surface area (Å²) in [6.45, 7) is 0.574. The van der Waals surface area contributed by atoms with Crippen molar-refractivity contribution in [1.82, 2.24) is 5.32 Å². The van der Waals surface area contributed by atoms with E-state index in [-0.39, 0.29) is 18.2 Å². The van der Waals surface area contributed by atoms with Crippen molar-refractivity contribution in [3.05, 3.63) is 59.2 Å². The van der Waals surface area contributed by atoms with Gasteiger partial charge in [-0.15, -0.1) is 0 Å². The van der Waals surface area contributed by atoms with Crippen LogP contribution < -0.4 is 15.4 Å². The lowest BCUT2D eigenvalue weighted by Gasteiger charge is -2.10. The lowest BCUT2D eigenvalue weighted by Crippen LogP contribution is -2.32. The first-order valence-corrected chi connectivity index (χ1v) is 7.55. The molecule has 2 N–H and O–H groups in total. The molecule has 0 unspecified atom stereocenters. The number of ether oxygens (including phenoxy) is 1. The minimum absolute atomic E-state index is 0.0629. The van der Waals surface area contributed by atoms with Crippen molar-refractivity contribution in [3.8, 4) is 5.75 Å². The van der Waals surface area contributed by atoms with Gasteiger partial charge in [-0.05, 0) is 38.1 Å². The van der Waals surface area contributed by atoms with Crippen molar-refractivity contribution in [2.45, 2.75) is 20.5 Å². The molecule has 0 atom stereocenters. The number of benzene rings is 2. The topological polar surface area (TPSA) is 67.4 Å². The van der Waals surface area contributed by atoms with Gasteiger partial charge in [-0.25, -0.2) is 0 Å². The highest BCUT2D eigenvalue weighted by molar-refractivity contribution is 5.99. The van der Waals surface area contributed by atoms with Crippen LogP contribution in [0.1, 0.15) is 21.5 Å². The van der Waals surface area contributed by atoms with E-state index in [1.807, 2.05) is 19.9 Å². The van der Waals surface area contributed by atoms with E-state index in [1.54, 1.807) is 12.1 Å². The molecule has 25 heavy (non-hydrogen) atoms. The minimum Gasteiger partial charge on any atom is -0.435 e. The smallest absolute Gasteiger partial charge is 0.387 e. The van der Waals surface area contributed by atoms with Gasteiger partial charge in [0.25, 0.3) is 5.91 Å². The summed E-state index contributed by atoms with van der Waals surface area (Å²) in [4.78, 5) is 24.0. The molecule has 0 aliphatic carbocycles. The predicted octanol–water partition coefficient (Wildman–Crippen LogP) is 3.27. The maximum Gasteiger partial charge on any atom is 0.387 e. The number of alkyl halides is 2. The molecule has 2 aromatic carbocycles. The van der Waals surface area contributed by atoms with Crippen LogP contribution in [-0.4, -0.2) is 25.0 Å². The standard InChI is InChI=1S/C18H18F2N2O3/c1-11-6-12(2)8-13(7-11)17(24)21-10-16(23)22-14-4-3-5-15(9-14)25-18(19)20/h3-9,18H,10H2,1-2H3,(H,21,24)(H,22,23). The second kappa shape index (κ2) is 8.23. The number of rotatable bonds is 6. The van der Waals surface area contributed by atoms with Crippen LogP contribution in [0.25, 0.3) is 0 Å².